The molecule has 2 N–H and O–H groups in total. The summed E-state index contributed by atoms with van der Waals surface area (Å²) in [4.78, 5) is 16.7. The smallest absolute Gasteiger partial charge is 0.248 e. The lowest BCUT2D eigenvalue weighted by Gasteiger charge is -2.28. The Morgan fingerprint density at radius 3 is 2.08 bits per heavy atom. The first kappa shape index (κ1) is 26.9. The molecule has 0 spiro atoms. The highest BCUT2D eigenvalue weighted by molar-refractivity contribution is 7.88. The van der Waals surface area contributed by atoms with Crippen LogP contribution in [0.3, 0.4) is 0 Å². The van der Waals surface area contributed by atoms with Crippen LogP contribution < -0.4 is 14.8 Å². The van der Waals surface area contributed by atoms with Crippen molar-refractivity contribution in [1.82, 2.24) is 19.5 Å². The zero-order valence-electron chi connectivity index (χ0n) is 19.7. The Balaban J connectivity index is 0.000000526. The molecule has 3 aromatic carbocycles. The van der Waals surface area contributed by atoms with Crippen molar-refractivity contribution in [2.24, 2.45) is 0 Å². The summed E-state index contributed by atoms with van der Waals surface area (Å²) in [6.45, 7) is 1.21. The minimum absolute atomic E-state index is 0.234. The highest BCUT2D eigenvalue weighted by Crippen LogP contribution is 2.19. The van der Waals surface area contributed by atoms with Crippen LogP contribution in [0.25, 0.3) is 5.69 Å². The van der Waals surface area contributed by atoms with E-state index < -0.39 is 21.5 Å². The number of anilines is 1. The lowest BCUT2D eigenvalue weighted by molar-refractivity contribution is -0.122. The quantitative estimate of drug-likeness (QED) is 0.359. The first-order valence-electron chi connectivity index (χ1n) is 10.8. The van der Waals surface area contributed by atoms with Crippen LogP contribution in [-0.2, 0) is 14.8 Å². The van der Waals surface area contributed by atoms with Crippen LogP contribution in [0.1, 0.15) is 6.92 Å². The first-order valence-corrected chi connectivity index (χ1v) is 13.1. The van der Waals surface area contributed by atoms with Gasteiger partial charge in [-0.3, -0.25) is 4.79 Å². The average Bonchev–Trinajstić information content (AvgIpc) is 3.40. The Labute approximate surface area is 215 Å². The van der Waals surface area contributed by atoms with E-state index in [0.29, 0.717) is 16.5 Å². The number of carbonyl (C=O) groups is 1. The number of nitrogens with zero attached hydrogens (tertiary/aromatic N) is 3. The molecule has 0 radical (unpaired) electrons. The summed E-state index contributed by atoms with van der Waals surface area (Å²) >= 11 is 5.85. The number of sulfonamides is 1. The largest absolute Gasteiger partial charge is 0.491 e. The van der Waals surface area contributed by atoms with Gasteiger partial charge in [-0.05, 0) is 55.5 Å². The van der Waals surface area contributed by atoms with Crippen LogP contribution >= 0.6 is 11.6 Å². The van der Waals surface area contributed by atoms with Crippen LogP contribution in [0.5, 0.6) is 5.75 Å². The topological polar surface area (TPSA) is 115 Å². The second-order valence-electron chi connectivity index (χ2n) is 7.94. The summed E-state index contributed by atoms with van der Waals surface area (Å²) in [5.74, 6) is -0.117. The van der Waals surface area contributed by atoms with Crippen molar-refractivity contribution >= 4 is 33.2 Å². The maximum absolute atomic E-state index is 12.9. The van der Waals surface area contributed by atoms with Crippen molar-refractivity contribution in [3.63, 3.8) is 0 Å². The Bertz CT molecular complexity index is 1310. The van der Waals surface area contributed by atoms with Gasteiger partial charge in [0, 0.05) is 10.7 Å². The fourth-order valence-corrected chi connectivity index (χ4v) is 4.10. The molecule has 0 aliphatic rings. The fourth-order valence-electron chi connectivity index (χ4n) is 3.00. The highest BCUT2D eigenvalue weighted by atomic mass is 35.5. The number of ether oxygens (including phenoxy) is 1. The van der Waals surface area contributed by atoms with Crippen molar-refractivity contribution in [3.05, 3.63) is 103 Å². The van der Waals surface area contributed by atoms with E-state index in [1.54, 1.807) is 59.5 Å². The fraction of sp³-hybridized carbons (Fsp3) is 0.160. The molecule has 11 heteroatoms. The van der Waals surface area contributed by atoms with Gasteiger partial charge in [0.05, 0.1) is 11.9 Å². The van der Waals surface area contributed by atoms with Crippen molar-refractivity contribution in [2.75, 3.05) is 18.2 Å². The molecule has 9 nitrogen and oxygen atoms in total. The molecule has 188 valence electrons. The number of carbonyl (C=O) groups excluding carboxylic acids is 1. The molecule has 1 heterocycles. The standard InChI is InChI=1S/C19H20ClN5O4S.C6H6/c1-19(24-30(2,27)28,18(26)23-15-5-3-14(20)4-6-15)11-29-17-9-7-16(8-10-17)25-13-21-12-22-25;1-2-4-6-5-3-1/h3-10,12-13,24H,11H2,1-2H3,(H,23,26);1-6H. The third-order valence-electron chi connectivity index (χ3n) is 4.73. The lowest BCUT2D eigenvalue weighted by atomic mass is 10.0. The summed E-state index contributed by atoms with van der Waals surface area (Å²) in [5, 5.41) is 7.23. The lowest BCUT2D eigenvalue weighted by Crippen LogP contribution is -2.58. The van der Waals surface area contributed by atoms with Crippen LogP contribution in [-0.4, -0.2) is 47.5 Å². The number of hydrogen-bond acceptors (Lipinski definition) is 6. The summed E-state index contributed by atoms with van der Waals surface area (Å²) < 4.78 is 33.4. The Kier molecular flexibility index (Phi) is 9.18. The molecule has 0 fully saturated rings. The number of amides is 1. The van der Waals surface area contributed by atoms with Crippen LogP contribution in [0, 0.1) is 0 Å². The number of aromatic nitrogens is 3. The van der Waals surface area contributed by atoms with E-state index >= 15 is 0 Å². The van der Waals surface area contributed by atoms with Crippen molar-refractivity contribution in [1.29, 1.82) is 0 Å². The van der Waals surface area contributed by atoms with E-state index in [2.05, 4.69) is 20.1 Å². The van der Waals surface area contributed by atoms with E-state index in [1.807, 2.05) is 36.4 Å². The maximum atomic E-state index is 12.9. The van der Waals surface area contributed by atoms with Gasteiger partial charge in [0.2, 0.25) is 15.9 Å². The number of hydrogen-bond donors (Lipinski definition) is 2. The number of halogens is 1. The third-order valence-corrected chi connectivity index (χ3v) is 5.80. The van der Waals surface area contributed by atoms with E-state index in [-0.39, 0.29) is 6.61 Å². The number of nitrogens with one attached hydrogen (secondary N) is 2. The van der Waals surface area contributed by atoms with Gasteiger partial charge < -0.3 is 10.1 Å². The van der Waals surface area contributed by atoms with Gasteiger partial charge in [0.25, 0.3) is 0 Å². The van der Waals surface area contributed by atoms with Crippen molar-refractivity contribution in [3.8, 4) is 11.4 Å². The molecule has 4 rings (SSSR count). The van der Waals surface area contributed by atoms with Crippen LogP contribution in [0.2, 0.25) is 5.02 Å². The number of benzene rings is 3. The molecular weight excluding hydrogens is 502 g/mol. The Morgan fingerprint density at radius 1 is 1.00 bits per heavy atom. The first-order chi connectivity index (χ1) is 17.1. The molecule has 1 atom stereocenters. The second kappa shape index (κ2) is 12.3. The minimum Gasteiger partial charge on any atom is -0.491 e. The van der Waals surface area contributed by atoms with E-state index in [0.717, 1.165) is 11.9 Å². The van der Waals surface area contributed by atoms with Gasteiger partial charge in [-0.25, -0.2) is 18.1 Å². The van der Waals surface area contributed by atoms with Crippen LogP contribution in [0.4, 0.5) is 5.69 Å². The second-order valence-corrected chi connectivity index (χ2v) is 10.1. The number of rotatable bonds is 8. The molecule has 4 aromatic rings. The van der Waals surface area contributed by atoms with Gasteiger partial charge in [-0.2, -0.15) is 9.82 Å². The Hall–Kier alpha value is -3.73. The molecule has 0 bridgehead atoms. The molecule has 36 heavy (non-hydrogen) atoms. The van der Waals surface area contributed by atoms with Crippen molar-refractivity contribution < 1.29 is 17.9 Å². The zero-order chi connectivity index (χ0) is 26.0. The molecule has 0 saturated carbocycles. The predicted molar refractivity (Wildman–Crippen MR) is 140 cm³/mol. The van der Waals surface area contributed by atoms with Crippen LogP contribution in [0.15, 0.2) is 97.6 Å². The summed E-state index contributed by atoms with van der Waals surface area (Å²) in [7, 11) is -3.70. The third kappa shape index (κ3) is 8.49. The summed E-state index contributed by atoms with van der Waals surface area (Å²) in [6, 6.07) is 25.4. The van der Waals surface area contributed by atoms with Gasteiger partial charge in [0.15, 0.2) is 0 Å². The highest BCUT2D eigenvalue weighted by Gasteiger charge is 2.37. The predicted octanol–water partition coefficient (Wildman–Crippen LogP) is 3.93. The van der Waals surface area contributed by atoms with E-state index in [9.17, 15) is 13.2 Å². The van der Waals surface area contributed by atoms with E-state index in [4.69, 9.17) is 16.3 Å². The summed E-state index contributed by atoms with van der Waals surface area (Å²) in [5.41, 5.74) is -0.307. The van der Waals surface area contributed by atoms with Gasteiger partial charge >= 0.3 is 0 Å². The van der Waals surface area contributed by atoms with Gasteiger partial charge in [-0.15, -0.1) is 0 Å². The monoisotopic (exact) mass is 527 g/mol. The molecule has 0 aliphatic heterocycles. The maximum Gasteiger partial charge on any atom is 0.248 e. The molecular formula is C25H26ClN5O4S. The normalized spacial score (nSPS) is 12.5. The molecule has 0 aliphatic carbocycles. The van der Waals surface area contributed by atoms with Gasteiger partial charge in [-0.1, -0.05) is 48.0 Å². The van der Waals surface area contributed by atoms with Crippen molar-refractivity contribution in [2.45, 2.75) is 12.5 Å². The van der Waals surface area contributed by atoms with Gasteiger partial charge in [0.1, 0.15) is 30.5 Å². The summed E-state index contributed by atoms with van der Waals surface area (Å²) in [6.07, 6.45) is 3.96. The molecule has 1 amide bonds. The Morgan fingerprint density at radius 2 is 1.58 bits per heavy atom. The SMILES string of the molecule is CC(COc1ccc(-n2cncn2)cc1)(NS(C)(=O)=O)C(=O)Nc1ccc(Cl)cc1.c1ccccc1. The minimum atomic E-state index is -3.70. The zero-order valence-corrected chi connectivity index (χ0v) is 21.3. The van der Waals surface area contributed by atoms with E-state index in [1.165, 1.54) is 13.3 Å². The molecule has 1 aromatic heterocycles. The molecule has 1 unspecified atom stereocenters. The average molecular weight is 528 g/mol. The molecule has 0 saturated heterocycles.